The fourth-order valence-corrected chi connectivity index (χ4v) is 2.30. The zero-order chi connectivity index (χ0) is 14.1. The molecule has 108 valence electrons. The zero-order valence-electron chi connectivity index (χ0n) is 10.9. The number of benzene rings is 1. The van der Waals surface area contributed by atoms with Gasteiger partial charge in [-0.1, -0.05) is 18.2 Å². The van der Waals surface area contributed by atoms with Crippen molar-refractivity contribution >= 4 is 5.96 Å². The highest BCUT2D eigenvalue weighted by atomic mass is 19.3. The van der Waals surface area contributed by atoms with Gasteiger partial charge in [-0.05, 0) is 30.9 Å². The first kappa shape index (κ1) is 13.1. The van der Waals surface area contributed by atoms with Gasteiger partial charge in [-0.25, -0.2) is 4.99 Å². The van der Waals surface area contributed by atoms with Gasteiger partial charge in [0.25, 0.3) is 0 Å². The van der Waals surface area contributed by atoms with Gasteiger partial charge in [0.2, 0.25) is 0 Å². The average molecular weight is 281 g/mol. The largest absolute Gasteiger partial charge is 0.435 e. The molecule has 0 radical (unpaired) electrons. The predicted molar refractivity (Wildman–Crippen MR) is 72.0 cm³/mol. The average Bonchev–Trinajstić information content (AvgIpc) is 3.27. The van der Waals surface area contributed by atoms with Crippen LogP contribution in [0.5, 0.6) is 5.75 Å². The topological polar surface area (TPSA) is 59.6 Å². The second-order valence-electron chi connectivity index (χ2n) is 5.26. The summed E-state index contributed by atoms with van der Waals surface area (Å²) in [4.78, 5) is 4.39. The van der Waals surface area contributed by atoms with Gasteiger partial charge in [-0.2, -0.15) is 8.78 Å². The van der Waals surface area contributed by atoms with Gasteiger partial charge in [-0.3, -0.25) is 0 Å². The normalized spacial score (nSPS) is 25.6. The van der Waals surface area contributed by atoms with E-state index in [2.05, 4.69) is 15.0 Å². The Morgan fingerprint density at radius 1 is 1.35 bits per heavy atom. The molecule has 3 N–H and O–H groups in total. The van der Waals surface area contributed by atoms with Crippen LogP contribution in [0.15, 0.2) is 29.3 Å². The Morgan fingerprint density at radius 3 is 2.80 bits per heavy atom. The number of guanidine groups is 1. The number of ether oxygens (including phenoxy) is 1. The molecule has 6 heteroatoms. The molecule has 0 spiro atoms. The molecule has 0 aliphatic heterocycles. The van der Waals surface area contributed by atoms with Gasteiger partial charge in [0.15, 0.2) is 5.96 Å². The minimum atomic E-state index is -2.81. The highest BCUT2D eigenvalue weighted by molar-refractivity contribution is 5.79. The lowest BCUT2D eigenvalue weighted by molar-refractivity contribution is -0.0504. The number of rotatable bonds is 5. The van der Waals surface area contributed by atoms with Gasteiger partial charge in [0.05, 0.1) is 6.04 Å². The minimum Gasteiger partial charge on any atom is -0.435 e. The molecular formula is C14H17F2N3O. The van der Waals surface area contributed by atoms with Gasteiger partial charge in [0, 0.05) is 12.0 Å². The highest BCUT2D eigenvalue weighted by Gasteiger charge is 2.40. The van der Waals surface area contributed by atoms with Crippen LogP contribution in [-0.2, 0) is 0 Å². The van der Waals surface area contributed by atoms with E-state index < -0.39 is 6.61 Å². The molecule has 2 fully saturated rings. The van der Waals surface area contributed by atoms with E-state index in [0.717, 1.165) is 24.8 Å². The Kier molecular flexibility index (Phi) is 3.46. The summed E-state index contributed by atoms with van der Waals surface area (Å²) in [6, 6.07) is 7.40. The molecule has 0 aromatic heterocycles. The lowest BCUT2D eigenvalue weighted by Crippen LogP contribution is -2.33. The predicted octanol–water partition coefficient (Wildman–Crippen LogP) is 2.21. The monoisotopic (exact) mass is 281 g/mol. The van der Waals surface area contributed by atoms with E-state index in [1.807, 2.05) is 12.1 Å². The van der Waals surface area contributed by atoms with Gasteiger partial charge in [-0.15, -0.1) is 0 Å². The summed E-state index contributed by atoms with van der Waals surface area (Å²) in [5.74, 6) is 0.802. The molecule has 2 atom stereocenters. The number of alkyl halides is 2. The third-order valence-electron chi connectivity index (χ3n) is 3.53. The SMILES string of the molecule is NC(=N[C@H]1C[C@@H]1c1ccccc1OC(F)F)NC1CC1. The van der Waals surface area contributed by atoms with Gasteiger partial charge < -0.3 is 15.8 Å². The fraction of sp³-hybridized carbons (Fsp3) is 0.500. The maximum Gasteiger partial charge on any atom is 0.387 e. The van der Waals surface area contributed by atoms with Crippen LogP contribution in [0, 0.1) is 0 Å². The van der Waals surface area contributed by atoms with Crippen molar-refractivity contribution in [2.75, 3.05) is 0 Å². The van der Waals surface area contributed by atoms with Crippen LogP contribution in [0.1, 0.15) is 30.7 Å². The van der Waals surface area contributed by atoms with Crippen molar-refractivity contribution in [2.45, 2.75) is 43.9 Å². The van der Waals surface area contributed by atoms with E-state index in [1.165, 1.54) is 0 Å². The number of nitrogens with two attached hydrogens (primary N) is 1. The molecule has 0 heterocycles. The van der Waals surface area contributed by atoms with E-state index in [4.69, 9.17) is 5.73 Å². The van der Waals surface area contributed by atoms with Crippen LogP contribution in [0.3, 0.4) is 0 Å². The first-order chi connectivity index (χ1) is 9.63. The summed E-state index contributed by atoms with van der Waals surface area (Å²) in [6.45, 7) is -2.81. The van der Waals surface area contributed by atoms with Crippen molar-refractivity contribution in [3.05, 3.63) is 29.8 Å². The molecule has 0 amide bonds. The Balaban J connectivity index is 1.66. The smallest absolute Gasteiger partial charge is 0.387 e. The van der Waals surface area contributed by atoms with Crippen LogP contribution in [0.4, 0.5) is 8.78 Å². The van der Waals surface area contributed by atoms with Crippen molar-refractivity contribution in [3.63, 3.8) is 0 Å². The third kappa shape index (κ3) is 3.18. The van der Waals surface area contributed by atoms with Crippen molar-refractivity contribution < 1.29 is 13.5 Å². The standard InChI is InChI=1S/C14H17F2N3O/c15-13(16)20-12-4-2-1-3-9(12)10-7-11(10)19-14(17)18-8-5-6-8/h1-4,8,10-11,13H,5-7H2,(H3,17,18,19)/t10-,11+/m1/s1. The first-order valence-electron chi connectivity index (χ1n) is 6.77. The number of nitrogens with one attached hydrogen (secondary N) is 1. The molecule has 3 rings (SSSR count). The molecule has 0 unspecified atom stereocenters. The quantitative estimate of drug-likeness (QED) is 0.642. The van der Waals surface area contributed by atoms with Crippen LogP contribution < -0.4 is 15.8 Å². The molecule has 4 nitrogen and oxygen atoms in total. The van der Waals surface area contributed by atoms with Gasteiger partial charge in [0.1, 0.15) is 5.75 Å². The lowest BCUT2D eigenvalue weighted by Gasteiger charge is -2.09. The summed E-state index contributed by atoms with van der Waals surface area (Å²) >= 11 is 0. The van der Waals surface area contributed by atoms with Crippen LogP contribution in [-0.4, -0.2) is 24.7 Å². The minimum absolute atomic E-state index is 0.0590. The summed E-state index contributed by atoms with van der Waals surface area (Å²) < 4.78 is 29.3. The van der Waals surface area contributed by atoms with E-state index in [9.17, 15) is 8.78 Å². The highest BCUT2D eigenvalue weighted by Crippen LogP contribution is 2.47. The van der Waals surface area contributed by atoms with Crippen LogP contribution in [0.25, 0.3) is 0 Å². The molecule has 2 aliphatic carbocycles. The van der Waals surface area contributed by atoms with Crippen LogP contribution >= 0.6 is 0 Å². The molecule has 0 bridgehead atoms. The molecule has 20 heavy (non-hydrogen) atoms. The number of hydrogen-bond acceptors (Lipinski definition) is 2. The van der Waals surface area contributed by atoms with Crippen molar-refractivity contribution in [3.8, 4) is 5.75 Å². The number of nitrogens with zero attached hydrogens (tertiary/aromatic N) is 1. The Bertz CT molecular complexity index is 517. The third-order valence-corrected chi connectivity index (χ3v) is 3.53. The molecule has 1 aromatic carbocycles. The summed E-state index contributed by atoms with van der Waals surface area (Å²) in [5.41, 5.74) is 6.58. The van der Waals surface area contributed by atoms with Crippen molar-refractivity contribution in [1.82, 2.24) is 5.32 Å². The van der Waals surface area contributed by atoms with E-state index >= 15 is 0 Å². The molecule has 2 aliphatic rings. The summed E-state index contributed by atoms with van der Waals surface area (Å²) in [5, 5.41) is 3.12. The second kappa shape index (κ2) is 5.26. The Labute approximate surface area is 116 Å². The van der Waals surface area contributed by atoms with Crippen molar-refractivity contribution in [2.24, 2.45) is 10.7 Å². The maximum absolute atomic E-state index is 12.4. The zero-order valence-corrected chi connectivity index (χ0v) is 10.9. The second-order valence-corrected chi connectivity index (χ2v) is 5.26. The number of para-hydroxylation sites is 1. The van der Waals surface area contributed by atoms with Crippen molar-refractivity contribution in [1.29, 1.82) is 0 Å². The molecule has 2 saturated carbocycles. The molecule has 0 saturated heterocycles. The maximum atomic E-state index is 12.4. The van der Waals surface area contributed by atoms with E-state index in [0.29, 0.717) is 12.0 Å². The summed E-state index contributed by atoms with van der Waals surface area (Å²) in [6.07, 6.45) is 3.08. The molecular weight excluding hydrogens is 264 g/mol. The molecule has 1 aromatic rings. The lowest BCUT2D eigenvalue weighted by atomic mass is 10.1. The van der Waals surface area contributed by atoms with Gasteiger partial charge >= 0.3 is 6.61 Å². The Hall–Kier alpha value is -1.85. The number of halogens is 2. The van der Waals surface area contributed by atoms with Crippen LogP contribution in [0.2, 0.25) is 0 Å². The Morgan fingerprint density at radius 2 is 2.10 bits per heavy atom. The van der Waals surface area contributed by atoms with E-state index in [1.54, 1.807) is 12.1 Å². The first-order valence-corrected chi connectivity index (χ1v) is 6.77. The number of hydrogen-bond donors (Lipinski definition) is 2. The number of aliphatic imine (C=N–C) groups is 1. The fourth-order valence-electron chi connectivity index (χ4n) is 2.30. The van der Waals surface area contributed by atoms with E-state index in [-0.39, 0.29) is 17.7 Å². The summed E-state index contributed by atoms with van der Waals surface area (Å²) in [7, 11) is 0.